The zero-order valence-electron chi connectivity index (χ0n) is 14.5. The van der Waals surface area contributed by atoms with E-state index in [1.54, 1.807) is 13.0 Å². The van der Waals surface area contributed by atoms with Gasteiger partial charge in [-0.05, 0) is 30.5 Å². The largest absolute Gasteiger partial charge is 0.338 e. The first-order chi connectivity index (χ1) is 11.6. The lowest BCUT2D eigenvalue weighted by Crippen LogP contribution is -2.59. The van der Waals surface area contributed by atoms with Gasteiger partial charge in [0.15, 0.2) is 0 Å². The first kappa shape index (κ1) is 20.9. The summed E-state index contributed by atoms with van der Waals surface area (Å²) in [5.74, 6) is -0.750. The summed E-state index contributed by atoms with van der Waals surface area (Å²) >= 11 is 3.12. The molecule has 25 heavy (non-hydrogen) atoms. The Bertz CT molecular complexity index is 656. The van der Waals surface area contributed by atoms with Crippen molar-refractivity contribution in [2.24, 2.45) is 5.92 Å². The van der Waals surface area contributed by atoms with E-state index in [4.69, 9.17) is 0 Å². The lowest BCUT2D eigenvalue weighted by atomic mass is 9.85. The van der Waals surface area contributed by atoms with Crippen molar-refractivity contribution in [3.05, 3.63) is 28.5 Å². The lowest BCUT2D eigenvalue weighted by molar-refractivity contribution is -0.114. The van der Waals surface area contributed by atoms with Crippen LogP contribution in [0.25, 0.3) is 0 Å². The van der Waals surface area contributed by atoms with E-state index < -0.39 is 23.4 Å². The van der Waals surface area contributed by atoms with Gasteiger partial charge < -0.3 is 15.4 Å². The summed E-state index contributed by atoms with van der Waals surface area (Å²) in [6, 6.07) is 2.70. The number of hydrazine groups is 1. The molecule has 1 aromatic rings. The van der Waals surface area contributed by atoms with Crippen LogP contribution in [-0.4, -0.2) is 35.9 Å². The number of nitrogens with one attached hydrogen (secondary N) is 3. The number of rotatable bonds is 5. The van der Waals surface area contributed by atoms with E-state index in [2.05, 4.69) is 32.0 Å². The standard InChI is InChI=1S/C16H22BrFN4O3/c1-5-16(9-23,10(2)3)20-15(25)22(4)21-14(24)19-13-7-6-11(17)8-12(13)18/h6-10H,5H2,1-4H3,(H,20,25)(H2,19,21,24). The number of hydrogen-bond donors (Lipinski definition) is 3. The molecule has 0 bridgehead atoms. The van der Waals surface area contributed by atoms with E-state index in [0.29, 0.717) is 17.2 Å². The number of nitrogens with zero attached hydrogens (tertiary/aromatic N) is 1. The number of aldehydes is 1. The van der Waals surface area contributed by atoms with Gasteiger partial charge in [-0.1, -0.05) is 36.7 Å². The first-order valence-corrected chi connectivity index (χ1v) is 8.49. The summed E-state index contributed by atoms with van der Waals surface area (Å²) in [4.78, 5) is 35.5. The maximum Gasteiger partial charge on any atom is 0.338 e. The predicted octanol–water partition coefficient (Wildman–Crippen LogP) is 3.27. The molecule has 1 rings (SSSR count). The molecule has 0 aliphatic carbocycles. The van der Waals surface area contributed by atoms with Gasteiger partial charge in [0, 0.05) is 11.5 Å². The second-order valence-corrected chi connectivity index (χ2v) is 6.76. The SMILES string of the molecule is CCC(C=O)(NC(=O)N(C)NC(=O)Nc1ccc(Br)cc1F)C(C)C. The second-order valence-electron chi connectivity index (χ2n) is 5.85. The summed E-state index contributed by atoms with van der Waals surface area (Å²) < 4.78 is 14.2. The minimum Gasteiger partial charge on any atom is -0.324 e. The van der Waals surface area contributed by atoms with E-state index in [9.17, 15) is 18.8 Å². The molecule has 0 radical (unpaired) electrons. The zero-order chi connectivity index (χ0) is 19.2. The average Bonchev–Trinajstić information content (AvgIpc) is 2.54. The van der Waals surface area contributed by atoms with Crippen LogP contribution in [0.2, 0.25) is 0 Å². The number of urea groups is 2. The van der Waals surface area contributed by atoms with E-state index in [1.807, 2.05) is 13.8 Å². The number of carbonyl (C=O) groups is 3. The Labute approximate surface area is 154 Å². The fourth-order valence-electron chi connectivity index (χ4n) is 2.12. The number of carbonyl (C=O) groups excluding carboxylic acids is 3. The van der Waals surface area contributed by atoms with Crippen molar-refractivity contribution in [2.75, 3.05) is 12.4 Å². The highest BCUT2D eigenvalue weighted by Gasteiger charge is 2.34. The molecule has 0 aromatic heterocycles. The van der Waals surface area contributed by atoms with Gasteiger partial charge in [0.05, 0.1) is 11.2 Å². The number of hydrogen-bond acceptors (Lipinski definition) is 3. The number of amides is 4. The van der Waals surface area contributed by atoms with E-state index in [0.717, 1.165) is 5.01 Å². The minimum atomic E-state index is -1.03. The predicted molar refractivity (Wildman–Crippen MR) is 96.5 cm³/mol. The highest BCUT2D eigenvalue weighted by atomic mass is 79.9. The third-order valence-electron chi connectivity index (χ3n) is 3.92. The minimum absolute atomic E-state index is 0.0347. The Balaban J connectivity index is 2.70. The molecule has 1 atom stereocenters. The molecule has 0 spiro atoms. The molecule has 1 unspecified atom stereocenters. The van der Waals surface area contributed by atoms with Crippen molar-refractivity contribution in [3.8, 4) is 0 Å². The van der Waals surface area contributed by atoms with Gasteiger partial charge in [0.25, 0.3) is 0 Å². The maximum atomic E-state index is 13.7. The van der Waals surface area contributed by atoms with Gasteiger partial charge in [-0.15, -0.1) is 0 Å². The first-order valence-electron chi connectivity index (χ1n) is 7.70. The monoisotopic (exact) mass is 416 g/mol. The van der Waals surface area contributed by atoms with Gasteiger partial charge in [0.1, 0.15) is 12.1 Å². The maximum absolute atomic E-state index is 13.7. The Hall–Kier alpha value is -2.16. The quantitative estimate of drug-likeness (QED) is 0.508. The molecule has 0 aliphatic heterocycles. The van der Waals surface area contributed by atoms with E-state index >= 15 is 0 Å². The van der Waals surface area contributed by atoms with Crippen molar-refractivity contribution >= 4 is 40.0 Å². The van der Waals surface area contributed by atoms with Gasteiger partial charge in [-0.3, -0.25) is 0 Å². The van der Waals surface area contributed by atoms with Gasteiger partial charge in [0.2, 0.25) is 0 Å². The highest BCUT2D eigenvalue weighted by molar-refractivity contribution is 9.10. The fourth-order valence-corrected chi connectivity index (χ4v) is 2.45. The van der Waals surface area contributed by atoms with Crippen LogP contribution >= 0.6 is 15.9 Å². The molecule has 138 valence electrons. The normalized spacial score (nSPS) is 12.9. The summed E-state index contributed by atoms with van der Waals surface area (Å²) in [6.45, 7) is 5.41. The molecule has 7 nitrogen and oxygen atoms in total. The number of halogens is 2. The smallest absolute Gasteiger partial charge is 0.324 e. The van der Waals surface area contributed by atoms with Crippen LogP contribution in [0.3, 0.4) is 0 Å². The molecule has 0 saturated heterocycles. The summed E-state index contributed by atoms with van der Waals surface area (Å²) in [7, 11) is 1.32. The Morgan fingerprint density at radius 2 is 2.04 bits per heavy atom. The summed E-state index contributed by atoms with van der Waals surface area (Å²) in [5, 5.41) is 5.80. The molecule has 4 amide bonds. The topological polar surface area (TPSA) is 90.5 Å². The molecular formula is C16H22BrFN4O3. The third-order valence-corrected chi connectivity index (χ3v) is 4.41. The third kappa shape index (κ3) is 5.42. The average molecular weight is 417 g/mol. The van der Waals surface area contributed by atoms with Crippen molar-refractivity contribution in [1.82, 2.24) is 15.8 Å². The van der Waals surface area contributed by atoms with Crippen molar-refractivity contribution < 1.29 is 18.8 Å². The molecule has 1 aromatic carbocycles. The van der Waals surface area contributed by atoms with Gasteiger partial charge in [-0.25, -0.2) is 24.4 Å². The van der Waals surface area contributed by atoms with Crippen LogP contribution in [-0.2, 0) is 4.79 Å². The lowest BCUT2D eigenvalue weighted by Gasteiger charge is -2.33. The van der Waals surface area contributed by atoms with Gasteiger partial charge in [-0.2, -0.15) is 0 Å². The van der Waals surface area contributed by atoms with E-state index in [1.165, 1.54) is 19.2 Å². The Morgan fingerprint density at radius 1 is 1.40 bits per heavy atom. The Morgan fingerprint density at radius 3 is 2.52 bits per heavy atom. The molecule has 9 heteroatoms. The molecule has 0 aliphatic rings. The molecule has 0 fully saturated rings. The summed E-state index contributed by atoms with van der Waals surface area (Å²) in [5.41, 5.74) is 1.20. The fraction of sp³-hybridized carbons (Fsp3) is 0.438. The summed E-state index contributed by atoms with van der Waals surface area (Å²) in [6.07, 6.45) is 1.10. The van der Waals surface area contributed by atoms with Crippen LogP contribution in [0, 0.1) is 11.7 Å². The number of anilines is 1. The highest BCUT2D eigenvalue weighted by Crippen LogP contribution is 2.20. The van der Waals surface area contributed by atoms with Crippen molar-refractivity contribution in [1.29, 1.82) is 0 Å². The van der Waals surface area contributed by atoms with Crippen molar-refractivity contribution in [3.63, 3.8) is 0 Å². The van der Waals surface area contributed by atoms with Crippen LogP contribution < -0.4 is 16.1 Å². The van der Waals surface area contributed by atoms with E-state index in [-0.39, 0.29) is 11.6 Å². The second kappa shape index (κ2) is 8.80. The molecule has 0 saturated carbocycles. The van der Waals surface area contributed by atoms with Crippen LogP contribution in [0.5, 0.6) is 0 Å². The molecule has 3 N–H and O–H groups in total. The van der Waals surface area contributed by atoms with Crippen LogP contribution in [0.1, 0.15) is 27.2 Å². The van der Waals surface area contributed by atoms with Crippen LogP contribution in [0.15, 0.2) is 22.7 Å². The molecular weight excluding hydrogens is 395 g/mol. The zero-order valence-corrected chi connectivity index (χ0v) is 16.1. The number of benzene rings is 1. The van der Waals surface area contributed by atoms with Gasteiger partial charge >= 0.3 is 12.1 Å². The Kier molecular flexibility index (Phi) is 7.35. The van der Waals surface area contributed by atoms with Crippen molar-refractivity contribution in [2.45, 2.75) is 32.7 Å². The molecule has 0 heterocycles. The van der Waals surface area contributed by atoms with Crippen LogP contribution in [0.4, 0.5) is 19.7 Å².